The van der Waals surface area contributed by atoms with Gasteiger partial charge in [-0.2, -0.15) is 0 Å². The van der Waals surface area contributed by atoms with Crippen LogP contribution in [0.5, 0.6) is 0 Å². The van der Waals surface area contributed by atoms with Gasteiger partial charge < -0.3 is 5.73 Å². The highest BCUT2D eigenvalue weighted by molar-refractivity contribution is 7.97. The van der Waals surface area contributed by atoms with Crippen LogP contribution in [0.3, 0.4) is 0 Å². The van der Waals surface area contributed by atoms with Crippen LogP contribution in [0.25, 0.3) is 0 Å². The van der Waals surface area contributed by atoms with Gasteiger partial charge in [-0.25, -0.2) is 16.8 Å². The third kappa shape index (κ3) is 3.26. The van der Waals surface area contributed by atoms with Gasteiger partial charge in [-0.05, 0) is 18.1 Å². The van der Waals surface area contributed by atoms with E-state index < -0.39 is 25.1 Å². The van der Waals surface area contributed by atoms with Crippen LogP contribution in [0.1, 0.15) is 12.0 Å². The molecule has 1 aromatic carbocycles. The van der Waals surface area contributed by atoms with Crippen LogP contribution in [-0.2, 0) is 26.4 Å². The lowest BCUT2D eigenvalue weighted by molar-refractivity contribution is 0.587. The maximum Gasteiger partial charge on any atom is 0.236 e. The minimum atomic E-state index is -3.70. The summed E-state index contributed by atoms with van der Waals surface area (Å²) in [4.78, 5) is 0. The number of anilines is 1. The summed E-state index contributed by atoms with van der Waals surface area (Å²) in [6, 6.07) is 6.80. The lowest BCUT2D eigenvalue weighted by atomic mass is 10.2. The molecule has 0 amide bonds. The van der Waals surface area contributed by atoms with Gasteiger partial charge in [-0.15, -0.1) is 0 Å². The van der Waals surface area contributed by atoms with Crippen LogP contribution in [0.15, 0.2) is 24.3 Å². The average molecular weight is 304 g/mol. The zero-order valence-electron chi connectivity index (χ0n) is 10.2. The van der Waals surface area contributed by atoms with Gasteiger partial charge in [0.2, 0.25) is 10.0 Å². The standard InChI is InChI=1S/C11H16N2O4S2/c12-7-9-3-1-2-4-11(9)13-19(16,17)10-5-6-18(14,15)8-10/h1-4,10,13H,5-8,12H2. The minimum absolute atomic E-state index is 0.0723. The zero-order chi connectivity index (χ0) is 14.1. The molecular formula is C11H16N2O4S2. The summed E-state index contributed by atoms with van der Waals surface area (Å²) < 4.78 is 49.4. The van der Waals surface area contributed by atoms with Gasteiger partial charge in [-0.3, -0.25) is 4.72 Å². The lowest BCUT2D eigenvalue weighted by Crippen LogP contribution is -2.29. The van der Waals surface area contributed by atoms with Crippen molar-refractivity contribution in [1.82, 2.24) is 0 Å². The van der Waals surface area contributed by atoms with E-state index in [1.165, 1.54) is 0 Å². The minimum Gasteiger partial charge on any atom is -0.326 e. The molecule has 0 bridgehead atoms. The largest absolute Gasteiger partial charge is 0.326 e. The van der Waals surface area contributed by atoms with Crippen molar-refractivity contribution in [2.24, 2.45) is 5.73 Å². The molecule has 8 heteroatoms. The van der Waals surface area contributed by atoms with Gasteiger partial charge in [0, 0.05) is 6.54 Å². The van der Waals surface area contributed by atoms with Crippen molar-refractivity contribution < 1.29 is 16.8 Å². The molecule has 1 saturated heterocycles. The Morgan fingerprint density at radius 2 is 2.00 bits per heavy atom. The van der Waals surface area contributed by atoms with Gasteiger partial charge in [0.1, 0.15) is 0 Å². The number of sulfonamides is 1. The summed E-state index contributed by atoms with van der Waals surface area (Å²) in [5, 5.41) is -0.886. The van der Waals surface area contributed by atoms with Gasteiger partial charge in [0.15, 0.2) is 9.84 Å². The zero-order valence-corrected chi connectivity index (χ0v) is 11.9. The average Bonchev–Trinajstić information content (AvgIpc) is 2.71. The normalized spacial score (nSPS) is 22.3. The van der Waals surface area contributed by atoms with E-state index in [0.717, 1.165) is 0 Å². The molecule has 0 saturated carbocycles. The molecule has 0 radical (unpaired) electrons. The molecule has 1 aliphatic rings. The van der Waals surface area contributed by atoms with Gasteiger partial charge in [0.25, 0.3) is 0 Å². The number of hydrogen-bond donors (Lipinski definition) is 2. The highest BCUT2D eigenvalue weighted by Gasteiger charge is 2.37. The molecule has 1 atom stereocenters. The number of nitrogens with two attached hydrogens (primary N) is 1. The summed E-state index contributed by atoms with van der Waals surface area (Å²) in [7, 11) is -6.93. The first-order valence-corrected chi connectivity index (χ1v) is 9.21. The van der Waals surface area contributed by atoms with Gasteiger partial charge in [0.05, 0.1) is 22.4 Å². The van der Waals surface area contributed by atoms with Crippen molar-refractivity contribution >= 4 is 25.5 Å². The van der Waals surface area contributed by atoms with Gasteiger partial charge in [-0.1, -0.05) is 18.2 Å². The predicted octanol–water partition coefficient (Wildman–Crippen LogP) is 0.0741. The van der Waals surface area contributed by atoms with Gasteiger partial charge >= 0.3 is 0 Å². The molecule has 2 rings (SSSR count). The molecule has 0 spiro atoms. The van der Waals surface area contributed by atoms with E-state index >= 15 is 0 Å². The molecule has 0 aliphatic carbocycles. The van der Waals surface area contributed by atoms with Crippen LogP contribution in [0, 0.1) is 0 Å². The Hall–Kier alpha value is -1.12. The van der Waals surface area contributed by atoms with Crippen molar-refractivity contribution in [2.75, 3.05) is 16.2 Å². The molecule has 1 unspecified atom stereocenters. The Morgan fingerprint density at radius 3 is 2.58 bits per heavy atom. The number of rotatable bonds is 4. The summed E-state index contributed by atoms with van der Waals surface area (Å²) in [6.45, 7) is 0.210. The molecule has 1 aromatic rings. The summed E-state index contributed by atoms with van der Waals surface area (Å²) in [5.74, 6) is -0.385. The third-order valence-corrected chi connectivity index (χ3v) is 6.88. The number of nitrogens with one attached hydrogen (secondary N) is 1. The summed E-state index contributed by atoms with van der Waals surface area (Å²) >= 11 is 0. The molecule has 1 heterocycles. The van der Waals surface area contributed by atoms with Crippen LogP contribution in [0.4, 0.5) is 5.69 Å². The van der Waals surface area contributed by atoms with E-state index in [0.29, 0.717) is 11.3 Å². The topological polar surface area (TPSA) is 106 Å². The van der Waals surface area contributed by atoms with Crippen LogP contribution >= 0.6 is 0 Å². The van der Waals surface area contributed by atoms with Crippen molar-refractivity contribution in [1.29, 1.82) is 0 Å². The van der Waals surface area contributed by atoms with E-state index in [9.17, 15) is 16.8 Å². The van der Waals surface area contributed by atoms with Crippen molar-refractivity contribution in [2.45, 2.75) is 18.2 Å². The lowest BCUT2D eigenvalue weighted by Gasteiger charge is -2.14. The van der Waals surface area contributed by atoms with Crippen molar-refractivity contribution in [3.05, 3.63) is 29.8 Å². The predicted molar refractivity (Wildman–Crippen MR) is 73.9 cm³/mol. The fraction of sp³-hybridized carbons (Fsp3) is 0.455. The van der Waals surface area contributed by atoms with Crippen LogP contribution in [-0.4, -0.2) is 33.6 Å². The fourth-order valence-corrected chi connectivity index (χ4v) is 6.17. The van der Waals surface area contributed by atoms with Crippen LogP contribution in [0.2, 0.25) is 0 Å². The second-order valence-electron chi connectivity index (χ2n) is 4.53. The number of sulfone groups is 1. The van der Waals surface area contributed by atoms with E-state index in [1.54, 1.807) is 24.3 Å². The van der Waals surface area contributed by atoms with E-state index in [-0.39, 0.29) is 24.5 Å². The summed E-state index contributed by atoms with van der Waals surface area (Å²) in [6.07, 6.45) is 0.141. The number of hydrogen-bond acceptors (Lipinski definition) is 5. The smallest absolute Gasteiger partial charge is 0.236 e. The molecule has 1 aliphatic heterocycles. The van der Waals surface area contributed by atoms with Crippen molar-refractivity contribution in [3.8, 4) is 0 Å². The molecule has 3 N–H and O–H groups in total. The second kappa shape index (κ2) is 5.10. The van der Waals surface area contributed by atoms with Crippen molar-refractivity contribution in [3.63, 3.8) is 0 Å². The van der Waals surface area contributed by atoms with E-state index in [4.69, 9.17) is 5.73 Å². The first-order valence-electron chi connectivity index (χ1n) is 5.84. The highest BCUT2D eigenvalue weighted by atomic mass is 32.2. The van der Waals surface area contributed by atoms with Crippen LogP contribution < -0.4 is 10.5 Å². The monoisotopic (exact) mass is 304 g/mol. The molecular weight excluding hydrogens is 288 g/mol. The first-order chi connectivity index (χ1) is 8.84. The van der Waals surface area contributed by atoms with E-state index in [2.05, 4.69) is 4.72 Å². The number of benzene rings is 1. The molecule has 0 aromatic heterocycles. The molecule has 6 nitrogen and oxygen atoms in total. The Kier molecular flexibility index (Phi) is 3.84. The highest BCUT2D eigenvalue weighted by Crippen LogP contribution is 2.23. The summed E-state index contributed by atoms with van der Waals surface area (Å²) in [5.41, 5.74) is 6.62. The van der Waals surface area contributed by atoms with E-state index in [1.807, 2.05) is 0 Å². The fourth-order valence-electron chi connectivity index (χ4n) is 2.04. The molecule has 19 heavy (non-hydrogen) atoms. The Labute approximate surface area is 113 Å². The Morgan fingerprint density at radius 1 is 1.32 bits per heavy atom. The first kappa shape index (κ1) is 14.3. The third-order valence-electron chi connectivity index (χ3n) is 3.12. The quantitative estimate of drug-likeness (QED) is 0.819. The Bertz CT molecular complexity index is 668. The molecule has 106 valence electrons. The SMILES string of the molecule is NCc1ccccc1NS(=O)(=O)C1CCS(=O)(=O)C1. The number of para-hydroxylation sites is 1. The Balaban J connectivity index is 2.23. The maximum absolute atomic E-state index is 12.1. The maximum atomic E-state index is 12.1. The molecule has 1 fully saturated rings. The second-order valence-corrected chi connectivity index (χ2v) is 8.72.